The SMILES string of the molecule is O=c1ccc2ccc(N[C@H]3C(O)[C@H](O)C(CO)O[C@H]3O)cc2o1. The van der Waals surface area contributed by atoms with E-state index in [0.29, 0.717) is 11.3 Å². The number of nitrogens with one attached hydrogen (secondary N) is 1. The Morgan fingerprint density at radius 1 is 1.09 bits per heavy atom. The second-order valence-electron chi connectivity index (χ2n) is 5.41. The van der Waals surface area contributed by atoms with Crippen molar-refractivity contribution >= 4 is 16.7 Å². The van der Waals surface area contributed by atoms with Crippen LogP contribution in [0.1, 0.15) is 0 Å². The van der Waals surface area contributed by atoms with Crippen molar-refractivity contribution in [3.8, 4) is 0 Å². The molecule has 3 rings (SSSR count). The molecule has 1 saturated heterocycles. The molecular weight excluding hydrogens is 306 g/mol. The summed E-state index contributed by atoms with van der Waals surface area (Å²) in [6.45, 7) is -0.525. The summed E-state index contributed by atoms with van der Waals surface area (Å²) in [6.07, 6.45) is -5.19. The molecule has 1 aromatic carbocycles. The number of anilines is 1. The fraction of sp³-hybridized carbons (Fsp3) is 0.400. The Morgan fingerprint density at radius 2 is 1.83 bits per heavy atom. The zero-order valence-corrected chi connectivity index (χ0v) is 12.0. The third-order valence-electron chi connectivity index (χ3n) is 3.86. The smallest absolute Gasteiger partial charge is 0.336 e. The maximum Gasteiger partial charge on any atom is 0.336 e. The van der Waals surface area contributed by atoms with E-state index in [9.17, 15) is 20.1 Å². The van der Waals surface area contributed by atoms with E-state index >= 15 is 0 Å². The number of hydrogen-bond donors (Lipinski definition) is 5. The van der Waals surface area contributed by atoms with Gasteiger partial charge in [-0.05, 0) is 18.2 Å². The maximum absolute atomic E-state index is 11.3. The summed E-state index contributed by atoms with van der Waals surface area (Å²) in [6, 6.07) is 6.83. The molecule has 0 radical (unpaired) electrons. The molecule has 124 valence electrons. The van der Waals surface area contributed by atoms with Crippen molar-refractivity contribution in [2.75, 3.05) is 11.9 Å². The Balaban J connectivity index is 1.84. The lowest BCUT2D eigenvalue weighted by atomic mass is 9.97. The van der Waals surface area contributed by atoms with E-state index in [1.807, 2.05) is 0 Å². The van der Waals surface area contributed by atoms with E-state index in [4.69, 9.17) is 14.3 Å². The van der Waals surface area contributed by atoms with E-state index in [1.54, 1.807) is 24.3 Å². The van der Waals surface area contributed by atoms with Gasteiger partial charge in [-0.3, -0.25) is 0 Å². The average Bonchev–Trinajstić information content (AvgIpc) is 2.54. The predicted molar refractivity (Wildman–Crippen MR) is 79.9 cm³/mol. The zero-order chi connectivity index (χ0) is 16.6. The van der Waals surface area contributed by atoms with E-state index in [0.717, 1.165) is 5.39 Å². The Kier molecular flexibility index (Phi) is 4.33. The van der Waals surface area contributed by atoms with Crippen LogP contribution in [0.4, 0.5) is 5.69 Å². The number of fused-ring (bicyclic) bond motifs is 1. The Hall–Kier alpha value is -1.97. The molecule has 2 unspecified atom stereocenters. The normalized spacial score (nSPS) is 31.2. The lowest BCUT2D eigenvalue weighted by Crippen LogP contribution is -2.61. The van der Waals surface area contributed by atoms with Crippen LogP contribution in [-0.2, 0) is 4.74 Å². The van der Waals surface area contributed by atoms with E-state index < -0.39 is 42.9 Å². The molecular formula is C15H17NO7. The first kappa shape index (κ1) is 15.9. The van der Waals surface area contributed by atoms with Gasteiger partial charge in [0, 0.05) is 23.2 Å². The standard InChI is InChI=1S/C15H17NO7/c17-6-10-13(19)14(20)12(15(21)23-10)16-8-3-1-7-2-4-11(18)22-9(7)5-8/h1-5,10,12-17,19-21H,6H2/t10?,12-,13+,14?,15+/m0/s1. The quantitative estimate of drug-likeness (QED) is 0.455. The van der Waals surface area contributed by atoms with Crippen LogP contribution in [0, 0.1) is 0 Å². The monoisotopic (exact) mass is 323 g/mol. The molecule has 1 aromatic heterocycles. The summed E-state index contributed by atoms with van der Waals surface area (Å²) in [5, 5.41) is 42.5. The molecule has 0 aliphatic carbocycles. The highest BCUT2D eigenvalue weighted by molar-refractivity contribution is 5.80. The summed E-state index contributed by atoms with van der Waals surface area (Å²) >= 11 is 0. The van der Waals surface area contributed by atoms with Crippen molar-refractivity contribution in [1.29, 1.82) is 0 Å². The van der Waals surface area contributed by atoms with Crippen molar-refractivity contribution in [3.05, 3.63) is 40.8 Å². The Labute approximate surface area is 130 Å². The van der Waals surface area contributed by atoms with Gasteiger partial charge in [-0.25, -0.2) is 4.79 Å². The van der Waals surface area contributed by atoms with Crippen molar-refractivity contribution < 1.29 is 29.6 Å². The van der Waals surface area contributed by atoms with Gasteiger partial charge < -0.3 is 34.9 Å². The highest BCUT2D eigenvalue weighted by Gasteiger charge is 2.43. The maximum atomic E-state index is 11.3. The molecule has 8 heteroatoms. The van der Waals surface area contributed by atoms with Crippen LogP contribution in [-0.4, -0.2) is 57.7 Å². The molecule has 0 spiro atoms. The summed E-state index contributed by atoms with van der Waals surface area (Å²) in [5.74, 6) is 0. The molecule has 1 aliphatic rings. The molecule has 8 nitrogen and oxygen atoms in total. The molecule has 0 amide bonds. The summed E-state index contributed by atoms with van der Waals surface area (Å²) in [4.78, 5) is 11.3. The van der Waals surface area contributed by atoms with Crippen LogP contribution in [0.5, 0.6) is 0 Å². The topological polar surface area (TPSA) is 132 Å². The minimum absolute atomic E-state index is 0.344. The van der Waals surface area contributed by atoms with Crippen LogP contribution >= 0.6 is 0 Å². The molecule has 5 N–H and O–H groups in total. The van der Waals surface area contributed by atoms with E-state index in [-0.39, 0.29) is 0 Å². The summed E-state index contributed by atoms with van der Waals surface area (Å²) in [7, 11) is 0. The lowest BCUT2D eigenvalue weighted by Gasteiger charge is -2.40. The summed E-state index contributed by atoms with van der Waals surface area (Å²) < 4.78 is 10.1. The fourth-order valence-corrected chi connectivity index (χ4v) is 2.60. The highest BCUT2D eigenvalue weighted by Crippen LogP contribution is 2.24. The van der Waals surface area contributed by atoms with Gasteiger partial charge in [0.15, 0.2) is 6.29 Å². The Bertz CT molecular complexity index is 746. The molecule has 5 atom stereocenters. The third-order valence-corrected chi connectivity index (χ3v) is 3.86. The van der Waals surface area contributed by atoms with Gasteiger partial charge in [0.2, 0.25) is 0 Å². The molecule has 0 saturated carbocycles. The number of aliphatic hydroxyl groups excluding tert-OH is 4. The van der Waals surface area contributed by atoms with Crippen molar-refractivity contribution in [2.24, 2.45) is 0 Å². The first-order chi connectivity index (χ1) is 11.0. The van der Waals surface area contributed by atoms with Gasteiger partial charge in [0.05, 0.1) is 6.61 Å². The largest absolute Gasteiger partial charge is 0.423 e. The second kappa shape index (κ2) is 6.26. The summed E-state index contributed by atoms with van der Waals surface area (Å²) in [5.41, 5.74) is 0.321. The molecule has 1 aliphatic heterocycles. The van der Waals surface area contributed by atoms with Crippen molar-refractivity contribution in [3.63, 3.8) is 0 Å². The van der Waals surface area contributed by atoms with Crippen LogP contribution in [0.2, 0.25) is 0 Å². The van der Waals surface area contributed by atoms with Crippen molar-refractivity contribution in [2.45, 2.75) is 30.6 Å². The van der Waals surface area contributed by atoms with E-state index in [1.165, 1.54) is 6.07 Å². The van der Waals surface area contributed by atoms with E-state index in [2.05, 4.69) is 5.32 Å². The Morgan fingerprint density at radius 3 is 2.57 bits per heavy atom. The highest BCUT2D eigenvalue weighted by atomic mass is 16.6. The number of hydrogen-bond acceptors (Lipinski definition) is 8. The molecule has 2 aromatic rings. The molecule has 2 heterocycles. The van der Waals surface area contributed by atoms with Crippen LogP contribution < -0.4 is 10.9 Å². The zero-order valence-electron chi connectivity index (χ0n) is 12.0. The first-order valence-corrected chi connectivity index (χ1v) is 7.10. The fourth-order valence-electron chi connectivity index (χ4n) is 2.60. The van der Waals surface area contributed by atoms with Gasteiger partial charge in [0.1, 0.15) is 29.9 Å². The minimum atomic E-state index is -1.43. The molecule has 23 heavy (non-hydrogen) atoms. The minimum Gasteiger partial charge on any atom is -0.423 e. The molecule has 0 bridgehead atoms. The molecule has 1 fully saturated rings. The number of rotatable bonds is 3. The predicted octanol–water partition coefficient (Wildman–Crippen LogP) is -0.995. The number of benzene rings is 1. The number of ether oxygens (including phenoxy) is 1. The van der Waals surface area contributed by atoms with Crippen LogP contribution in [0.15, 0.2) is 39.5 Å². The van der Waals surface area contributed by atoms with Gasteiger partial charge in [0.25, 0.3) is 0 Å². The lowest BCUT2D eigenvalue weighted by molar-refractivity contribution is -0.245. The number of aliphatic hydroxyl groups is 4. The average molecular weight is 323 g/mol. The van der Waals surface area contributed by atoms with Crippen LogP contribution in [0.25, 0.3) is 11.0 Å². The van der Waals surface area contributed by atoms with Crippen LogP contribution in [0.3, 0.4) is 0 Å². The first-order valence-electron chi connectivity index (χ1n) is 7.10. The third kappa shape index (κ3) is 3.07. The van der Waals surface area contributed by atoms with Crippen molar-refractivity contribution in [1.82, 2.24) is 0 Å². The van der Waals surface area contributed by atoms with Gasteiger partial charge in [-0.1, -0.05) is 0 Å². The van der Waals surface area contributed by atoms with Gasteiger partial charge in [-0.2, -0.15) is 0 Å². The van der Waals surface area contributed by atoms with Gasteiger partial charge in [-0.15, -0.1) is 0 Å². The van der Waals surface area contributed by atoms with Gasteiger partial charge >= 0.3 is 5.63 Å². The second-order valence-corrected chi connectivity index (χ2v) is 5.41.